The highest BCUT2D eigenvalue weighted by Crippen LogP contribution is 2.33. The number of ether oxygens (including phenoxy) is 2. The molecule has 0 aliphatic rings. The van der Waals surface area contributed by atoms with Gasteiger partial charge in [-0.25, -0.2) is 0 Å². The van der Waals surface area contributed by atoms with Crippen molar-refractivity contribution in [3.63, 3.8) is 0 Å². The predicted molar refractivity (Wildman–Crippen MR) is 159 cm³/mol. The Balaban J connectivity index is 1.57. The summed E-state index contributed by atoms with van der Waals surface area (Å²) in [5.74, 6) is 1.93. The van der Waals surface area contributed by atoms with Gasteiger partial charge in [-0.15, -0.1) is 0 Å². The summed E-state index contributed by atoms with van der Waals surface area (Å²) in [6, 6.07) is 28.3. The van der Waals surface area contributed by atoms with Gasteiger partial charge in [0.25, 0.3) is 0 Å². The summed E-state index contributed by atoms with van der Waals surface area (Å²) in [7, 11) is -0.167. The summed E-state index contributed by atoms with van der Waals surface area (Å²) in [5, 5.41) is 0. The minimum absolute atomic E-state index is 0.167. The number of unbranched alkanes of at least 4 members (excludes halogenated alkanes) is 10. The first-order valence-corrected chi connectivity index (χ1v) is 15.8. The van der Waals surface area contributed by atoms with Crippen LogP contribution in [-0.4, -0.2) is 13.2 Å². The Morgan fingerprint density at radius 1 is 0.432 bits per heavy atom. The summed E-state index contributed by atoms with van der Waals surface area (Å²) in [4.78, 5) is 3.93. The van der Waals surface area contributed by atoms with Crippen LogP contribution in [0.2, 0.25) is 0 Å². The molecule has 3 heteroatoms. The van der Waals surface area contributed by atoms with Crippen LogP contribution in [-0.2, 0) is 10.9 Å². The summed E-state index contributed by atoms with van der Waals surface area (Å²) >= 11 is 0. The molecular weight excluding hydrogens is 472 g/mol. The van der Waals surface area contributed by atoms with E-state index in [-0.39, 0.29) is 10.9 Å². The van der Waals surface area contributed by atoms with Gasteiger partial charge < -0.3 is 9.47 Å². The number of hydrogen-bond donors (Lipinski definition) is 0. The van der Waals surface area contributed by atoms with Crippen molar-refractivity contribution >= 4 is 10.9 Å². The molecular formula is C34H47O2S+. The minimum atomic E-state index is -0.167. The topological polar surface area (TPSA) is 18.5 Å². The van der Waals surface area contributed by atoms with E-state index in [9.17, 15) is 0 Å². The molecule has 3 aromatic rings. The van der Waals surface area contributed by atoms with Crippen LogP contribution in [0.5, 0.6) is 11.5 Å². The van der Waals surface area contributed by atoms with Crippen LogP contribution in [0.3, 0.4) is 0 Å². The third-order valence-electron chi connectivity index (χ3n) is 6.63. The van der Waals surface area contributed by atoms with Gasteiger partial charge in [0.2, 0.25) is 0 Å². The number of hydrogen-bond acceptors (Lipinski definition) is 2. The first kappa shape index (κ1) is 29.2. The molecule has 0 bridgehead atoms. The molecule has 0 radical (unpaired) electrons. The van der Waals surface area contributed by atoms with Gasteiger partial charge in [0, 0.05) is 0 Å². The fraction of sp³-hybridized carbons (Fsp3) is 0.471. The summed E-state index contributed by atoms with van der Waals surface area (Å²) in [6.45, 7) is 6.13. The molecule has 0 unspecified atom stereocenters. The Bertz CT molecular complexity index is 892. The third-order valence-corrected chi connectivity index (χ3v) is 8.86. The average molecular weight is 520 g/mol. The Morgan fingerprint density at radius 2 is 0.811 bits per heavy atom. The fourth-order valence-corrected chi connectivity index (χ4v) is 6.52. The summed E-state index contributed by atoms with van der Waals surface area (Å²) < 4.78 is 12.1. The molecule has 0 atom stereocenters. The van der Waals surface area contributed by atoms with E-state index in [0.29, 0.717) is 0 Å². The lowest BCUT2D eigenvalue weighted by Gasteiger charge is -2.11. The Hall–Kier alpha value is -2.39. The number of rotatable bonds is 19. The van der Waals surface area contributed by atoms with Gasteiger partial charge in [-0.05, 0) is 73.5 Å². The lowest BCUT2D eigenvalue weighted by Crippen LogP contribution is -2.05. The third kappa shape index (κ3) is 10.9. The maximum absolute atomic E-state index is 6.03. The molecule has 0 amide bonds. The highest BCUT2D eigenvalue weighted by Gasteiger charge is 2.28. The molecule has 0 saturated carbocycles. The van der Waals surface area contributed by atoms with E-state index < -0.39 is 0 Å². The standard InChI is InChI=1S/C34H47O2S/c1-3-5-7-9-11-16-28-35-30-20-24-33(25-21-30)37(32-18-14-13-15-19-32)34-26-22-31(23-27-34)36-29-17-12-10-8-6-4-2/h13-15,18-27H,3-12,16-17,28-29H2,1-2H3/q+1. The highest BCUT2D eigenvalue weighted by molar-refractivity contribution is 7.97. The maximum Gasteiger partial charge on any atom is 0.166 e. The second-order valence-corrected chi connectivity index (χ2v) is 11.8. The zero-order valence-corrected chi connectivity index (χ0v) is 23.9. The SMILES string of the molecule is CCCCCCCCOc1ccc([S+](c2ccccc2)c2ccc(OCCCCCCCC)cc2)cc1. The van der Waals surface area contributed by atoms with Crippen molar-refractivity contribution in [1.29, 1.82) is 0 Å². The summed E-state index contributed by atoms with van der Waals surface area (Å²) in [5.41, 5.74) is 0. The average Bonchev–Trinajstić information content (AvgIpc) is 2.94. The van der Waals surface area contributed by atoms with Crippen LogP contribution in [0.25, 0.3) is 0 Å². The Kier molecular flexibility index (Phi) is 14.2. The molecule has 0 aliphatic carbocycles. The van der Waals surface area contributed by atoms with Crippen LogP contribution in [0.4, 0.5) is 0 Å². The molecule has 37 heavy (non-hydrogen) atoms. The highest BCUT2D eigenvalue weighted by atomic mass is 32.2. The smallest absolute Gasteiger partial charge is 0.166 e. The van der Waals surface area contributed by atoms with Gasteiger partial charge >= 0.3 is 0 Å². The zero-order valence-electron chi connectivity index (χ0n) is 23.1. The van der Waals surface area contributed by atoms with Gasteiger partial charge in [0.05, 0.1) is 24.1 Å². The van der Waals surface area contributed by atoms with Crippen molar-refractivity contribution in [2.24, 2.45) is 0 Å². The zero-order chi connectivity index (χ0) is 26.0. The first-order valence-electron chi connectivity index (χ1n) is 14.6. The second kappa shape index (κ2) is 18.0. The van der Waals surface area contributed by atoms with Crippen LogP contribution >= 0.6 is 0 Å². The van der Waals surface area contributed by atoms with Crippen molar-refractivity contribution in [1.82, 2.24) is 0 Å². The molecule has 2 nitrogen and oxygen atoms in total. The monoisotopic (exact) mass is 519 g/mol. The van der Waals surface area contributed by atoms with Crippen molar-refractivity contribution in [3.8, 4) is 11.5 Å². The predicted octanol–water partition coefficient (Wildman–Crippen LogP) is 10.3. The van der Waals surface area contributed by atoms with Crippen molar-refractivity contribution in [3.05, 3.63) is 78.9 Å². The van der Waals surface area contributed by atoms with Crippen LogP contribution in [0.1, 0.15) is 90.9 Å². The largest absolute Gasteiger partial charge is 0.494 e. The van der Waals surface area contributed by atoms with E-state index >= 15 is 0 Å². The normalized spacial score (nSPS) is 11.1. The molecule has 0 aliphatic heterocycles. The van der Waals surface area contributed by atoms with E-state index in [1.54, 1.807) is 0 Å². The van der Waals surface area contributed by atoms with E-state index in [2.05, 4.69) is 92.7 Å². The Labute approximate surface area is 229 Å². The molecule has 0 N–H and O–H groups in total. The van der Waals surface area contributed by atoms with Gasteiger partial charge in [-0.3, -0.25) is 0 Å². The van der Waals surface area contributed by atoms with E-state index in [4.69, 9.17) is 9.47 Å². The second-order valence-electron chi connectivity index (χ2n) is 9.79. The van der Waals surface area contributed by atoms with Crippen LogP contribution in [0, 0.1) is 0 Å². The number of benzene rings is 3. The molecule has 3 aromatic carbocycles. The van der Waals surface area contributed by atoms with Crippen molar-refractivity contribution in [2.75, 3.05) is 13.2 Å². The fourth-order valence-electron chi connectivity index (χ4n) is 4.45. The van der Waals surface area contributed by atoms with Crippen LogP contribution < -0.4 is 9.47 Å². The summed E-state index contributed by atoms with van der Waals surface area (Å²) in [6.07, 6.45) is 15.4. The first-order chi connectivity index (χ1) is 18.3. The molecule has 0 spiro atoms. The molecule has 0 aromatic heterocycles. The molecule has 3 rings (SSSR count). The van der Waals surface area contributed by atoms with Gasteiger partial charge in [0.15, 0.2) is 14.7 Å². The van der Waals surface area contributed by atoms with Gasteiger partial charge in [-0.1, -0.05) is 96.3 Å². The van der Waals surface area contributed by atoms with Crippen LogP contribution in [0.15, 0.2) is 93.5 Å². The molecule has 0 heterocycles. The Morgan fingerprint density at radius 3 is 1.24 bits per heavy atom. The van der Waals surface area contributed by atoms with E-state index in [0.717, 1.165) is 37.6 Å². The molecule has 200 valence electrons. The minimum Gasteiger partial charge on any atom is -0.494 e. The van der Waals surface area contributed by atoms with Crippen molar-refractivity contribution in [2.45, 2.75) is 106 Å². The molecule has 0 saturated heterocycles. The quantitative estimate of drug-likeness (QED) is 0.116. The lowest BCUT2D eigenvalue weighted by atomic mass is 10.1. The van der Waals surface area contributed by atoms with Gasteiger partial charge in [0.1, 0.15) is 11.5 Å². The van der Waals surface area contributed by atoms with E-state index in [1.807, 2.05) is 0 Å². The van der Waals surface area contributed by atoms with E-state index in [1.165, 1.54) is 78.9 Å². The lowest BCUT2D eigenvalue weighted by molar-refractivity contribution is 0.304. The maximum atomic E-state index is 6.03. The van der Waals surface area contributed by atoms with Gasteiger partial charge in [-0.2, -0.15) is 0 Å². The van der Waals surface area contributed by atoms with Crippen molar-refractivity contribution < 1.29 is 9.47 Å². The molecule has 0 fully saturated rings.